The van der Waals surface area contributed by atoms with Crippen molar-refractivity contribution in [2.45, 2.75) is 13.0 Å². The summed E-state index contributed by atoms with van der Waals surface area (Å²) >= 11 is 0. The van der Waals surface area contributed by atoms with Crippen molar-refractivity contribution in [1.29, 1.82) is 0 Å². The number of hydrogen-bond acceptors (Lipinski definition) is 3. The fourth-order valence-corrected chi connectivity index (χ4v) is 0.856. The molecule has 0 spiro atoms. The van der Waals surface area contributed by atoms with Crippen LogP contribution in [-0.4, -0.2) is 15.2 Å². The minimum Gasteiger partial charge on any atom is -0.506 e. The van der Waals surface area contributed by atoms with Crippen LogP contribution >= 0.6 is 0 Å². The molecule has 0 saturated heterocycles. The first-order chi connectivity index (χ1) is 6.06. The van der Waals surface area contributed by atoms with E-state index >= 15 is 0 Å². The number of halogens is 2. The molecular weight excluding hydrogens is 184 g/mol. The standard InChI is InChI=1S/C7H7F2NO3/c8-6(9)3-1-5(12)4(2-11)10-7(3)13/h1,6,11-12H,2H2,(H,10,13). The van der Waals surface area contributed by atoms with Gasteiger partial charge in [0.2, 0.25) is 0 Å². The topological polar surface area (TPSA) is 73.3 Å². The second-order valence-corrected chi connectivity index (χ2v) is 2.38. The predicted octanol–water partition coefficient (Wildman–Crippen LogP) is 0.510. The lowest BCUT2D eigenvalue weighted by molar-refractivity contribution is 0.149. The molecule has 13 heavy (non-hydrogen) atoms. The minimum absolute atomic E-state index is 0.172. The van der Waals surface area contributed by atoms with Gasteiger partial charge >= 0.3 is 0 Å². The maximum absolute atomic E-state index is 12.0. The number of H-pyrrole nitrogens is 1. The quantitative estimate of drug-likeness (QED) is 0.637. The lowest BCUT2D eigenvalue weighted by Gasteiger charge is -2.03. The minimum atomic E-state index is -2.94. The molecule has 1 aromatic heterocycles. The third-order valence-corrected chi connectivity index (χ3v) is 1.52. The maximum atomic E-state index is 12.0. The van der Waals surface area contributed by atoms with Gasteiger partial charge in [0.25, 0.3) is 12.0 Å². The molecule has 0 aliphatic heterocycles. The number of aromatic amines is 1. The monoisotopic (exact) mass is 191 g/mol. The highest BCUT2D eigenvalue weighted by molar-refractivity contribution is 5.30. The molecule has 3 N–H and O–H groups in total. The van der Waals surface area contributed by atoms with Gasteiger partial charge in [-0.05, 0) is 6.07 Å². The Hall–Kier alpha value is -1.43. The molecule has 0 aromatic carbocycles. The van der Waals surface area contributed by atoms with Crippen molar-refractivity contribution in [3.63, 3.8) is 0 Å². The van der Waals surface area contributed by atoms with E-state index in [2.05, 4.69) is 0 Å². The van der Waals surface area contributed by atoms with Crippen LogP contribution in [0.25, 0.3) is 0 Å². The number of aliphatic hydroxyl groups is 1. The van der Waals surface area contributed by atoms with Crippen molar-refractivity contribution < 1.29 is 19.0 Å². The Morgan fingerprint density at radius 3 is 2.62 bits per heavy atom. The Morgan fingerprint density at radius 1 is 1.54 bits per heavy atom. The summed E-state index contributed by atoms with van der Waals surface area (Å²) in [5, 5.41) is 17.6. The maximum Gasteiger partial charge on any atom is 0.269 e. The van der Waals surface area contributed by atoms with Crippen molar-refractivity contribution >= 4 is 0 Å². The van der Waals surface area contributed by atoms with Gasteiger partial charge in [0.1, 0.15) is 5.75 Å². The molecule has 1 heterocycles. The number of pyridine rings is 1. The van der Waals surface area contributed by atoms with Crippen molar-refractivity contribution in [2.24, 2.45) is 0 Å². The summed E-state index contributed by atoms with van der Waals surface area (Å²) in [6, 6.07) is 0.648. The molecule has 0 fully saturated rings. The highest BCUT2D eigenvalue weighted by Gasteiger charge is 2.14. The first kappa shape index (κ1) is 9.66. The van der Waals surface area contributed by atoms with E-state index in [1.54, 1.807) is 0 Å². The van der Waals surface area contributed by atoms with Gasteiger partial charge < -0.3 is 15.2 Å². The number of aromatic nitrogens is 1. The molecule has 0 unspecified atom stereocenters. The fourth-order valence-electron chi connectivity index (χ4n) is 0.856. The van der Waals surface area contributed by atoms with Crippen LogP contribution in [0.3, 0.4) is 0 Å². The lowest BCUT2D eigenvalue weighted by Crippen LogP contribution is -2.14. The van der Waals surface area contributed by atoms with Crippen molar-refractivity contribution in [3.05, 3.63) is 27.7 Å². The van der Waals surface area contributed by atoms with E-state index < -0.39 is 29.9 Å². The van der Waals surface area contributed by atoms with Crippen LogP contribution in [0.4, 0.5) is 8.78 Å². The molecule has 0 amide bonds. The third kappa shape index (κ3) is 1.83. The molecule has 4 nitrogen and oxygen atoms in total. The summed E-state index contributed by atoms with van der Waals surface area (Å²) in [5.74, 6) is -0.544. The fraction of sp³-hybridized carbons (Fsp3) is 0.286. The predicted molar refractivity (Wildman–Crippen MR) is 39.6 cm³/mol. The lowest BCUT2D eigenvalue weighted by atomic mass is 10.2. The van der Waals surface area contributed by atoms with Gasteiger partial charge in [0, 0.05) is 0 Å². The number of aromatic hydroxyl groups is 1. The van der Waals surface area contributed by atoms with Crippen molar-refractivity contribution in [1.82, 2.24) is 4.98 Å². The average Bonchev–Trinajstić information content (AvgIpc) is 2.07. The van der Waals surface area contributed by atoms with E-state index in [4.69, 9.17) is 10.2 Å². The summed E-state index contributed by atoms with van der Waals surface area (Å²) < 4.78 is 24.1. The summed E-state index contributed by atoms with van der Waals surface area (Å²) in [6.45, 7) is -0.607. The SMILES string of the molecule is O=c1[nH]c(CO)c(O)cc1C(F)F. The highest BCUT2D eigenvalue weighted by atomic mass is 19.3. The van der Waals surface area contributed by atoms with Gasteiger partial charge in [0.15, 0.2) is 0 Å². The molecule has 0 radical (unpaired) electrons. The van der Waals surface area contributed by atoms with Crippen LogP contribution in [0.5, 0.6) is 5.75 Å². The van der Waals surface area contributed by atoms with E-state index in [1.165, 1.54) is 0 Å². The van der Waals surface area contributed by atoms with Crippen LogP contribution in [0.2, 0.25) is 0 Å². The number of alkyl halides is 2. The molecule has 0 aliphatic rings. The van der Waals surface area contributed by atoms with Gasteiger partial charge in [-0.25, -0.2) is 8.78 Å². The summed E-state index contributed by atoms with van der Waals surface area (Å²) in [7, 11) is 0. The number of rotatable bonds is 2. The summed E-state index contributed by atoms with van der Waals surface area (Å²) in [4.78, 5) is 12.8. The molecule has 1 aromatic rings. The average molecular weight is 191 g/mol. The Labute approximate surface area is 71.5 Å². The van der Waals surface area contributed by atoms with E-state index in [0.717, 1.165) is 0 Å². The van der Waals surface area contributed by atoms with E-state index in [9.17, 15) is 13.6 Å². The Kier molecular flexibility index (Phi) is 2.62. The molecule has 0 saturated carbocycles. The van der Waals surface area contributed by atoms with Gasteiger partial charge in [-0.3, -0.25) is 4.79 Å². The second kappa shape index (κ2) is 3.53. The number of nitrogens with one attached hydrogen (secondary N) is 1. The van der Waals surface area contributed by atoms with Gasteiger partial charge in [0.05, 0.1) is 17.9 Å². The van der Waals surface area contributed by atoms with Gasteiger partial charge in [-0.2, -0.15) is 0 Å². The Bertz CT molecular complexity index is 361. The normalized spacial score (nSPS) is 10.8. The van der Waals surface area contributed by atoms with Crippen molar-refractivity contribution in [3.8, 4) is 5.75 Å². The van der Waals surface area contributed by atoms with E-state index in [-0.39, 0.29) is 5.69 Å². The highest BCUT2D eigenvalue weighted by Crippen LogP contribution is 2.20. The number of aliphatic hydroxyl groups excluding tert-OH is 1. The van der Waals surface area contributed by atoms with Crippen LogP contribution in [0.15, 0.2) is 10.9 Å². The first-order valence-corrected chi connectivity index (χ1v) is 3.40. The van der Waals surface area contributed by atoms with Crippen LogP contribution in [0, 0.1) is 0 Å². The zero-order valence-electron chi connectivity index (χ0n) is 6.42. The zero-order valence-corrected chi connectivity index (χ0v) is 6.42. The van der Waals surface area contributed by atoms with Crippen LogP contribution < -0.4 is 5.56 Å². The van der Waals surface area contributed by atoms with E-state index in [0.29, 0.717) is 6.07 Å². The Morgan fingerprint density at radius 2 is 2.15 bits per heavy atom. The number of hydrogen-bond donors (Lipinski definition) is 3. The van der Waals surface area contributed by atoms with Gasteiger partial charge in [-0.1, -0.05) is 0 Å². The third-order valence-electron chi connectivity index (χ3n) is 1.52. The molecule has 1 rings (SSSR count). The second-order valence-electron chi connectivity index (χ2n) is 2.38. The first-order valence-electron chi connectivity index (χ1n) is 3.40. The zero-order chi connectivity index (χ0) is 10.0. The smallest absolute Gasteiger partial charge is 0.269 e. The van der Waals surface area contributed by atoms with Crippen LogP contribution in [-0.2, 0) is 6.61 Å². The van der Waals surface area contributed by atoms with E-state index in [1.807, 2.05) is 4.98 Å². The van der Waals surface area contributed by atoms with Gasteiger partial charge in [-0.15, -0.1) is 0 Å². The molecule has 0 atom stereocenters. The Balaban J connectivity index is 3.29. The molecular formula is C7H7F2NO3. The summed E-state index contributed by atoms with van der Waals surface area (Å²) in [5.41, 5.74) is -1.99. The van der Waals surface area contributed by atoms with Crippen molar-refractivity contribution in [2.75, 3.05) is 0 Å². The molecule has 6 heteroatoms. The van der Waals surface area contributed by atoms with Crippen LogP contribution in [0.1, 0.15) is 17.7 Å². The molecule has 0 aliphatic carbocycles. The summed E-state index contributed by atoms with van der Waals surface area (Å²) in [6.07, 6.45) is -2.94. The molecule has 0 bridgehead atoms. The largest absolute Gasteiger partial charge is 0.506 e. The molecule has 72 valence electrons.